The zero-order chi connectivity index (χ0) is 18.6. The molecule has 134 valence electrons. The number of hydrogen-bond donors (Lipinski definition) is 1. The summed E-state index contributed by atoms with van der Waals surface area (Å²) in [6, 6.07) is 18.2. The van der Waals surface area contributed by atoms with E-state index < -0.39 is 5.91 Å². The van der Waals surface area contributed by atoms with Crippen LogP contribution in [0.3, 0.4) is 0 Å². The van der Waals surface area contributed by atoms with Gasteiger partial charge in [0.2, 0.25) is 5.82 Å². The fourth-order valence-electron chi connectivity index (χ4n) is 2.41. The van der Waals surface area contributed by atoms with Crippen LogP contribution in [0.15, 0.2) is 69.7 Å². The summed E-state index contributed by atoms with van der Waals surface area (Å²) in [5.74, 6) is 1.25. The zero-order valence-corrected chi connectivity index (χ0v) is 14.0. The van der Waals surface area contributed by atoms with Gasteiger partial charge in [-0.25, -0.2) is 0 Å². The number of nitrogens with two attached hydrogens (primary N) is 1. The first-order valence-corrected chi connectivity index (χ1v) is 8.07. The van der Waals surface area contributed by atoms with E-state index >= 15 is 0 Å². The average Bonchev–Trinajstić information content (AvgIpc) is 3.37. The van der Waals surface area contributed by atoms with Gasteiger partial charge in [-0.05, 0) is 24.3 Å². The molecule has 27 heavy (non-hydrogen) atoms. The van der Waals surface area contributed by atoms with Crippen LogP contribution in [0, 0.1) is 0 Å². The molecule has 0 unspecified atom stereocenters. The second kappa shape index (κ2) is 7.12. The van der Waals surface area contributed by atoms with E-state index in [1.165, 1.54) is 0 Å². The lowest BCUT2D eigenvalue weighted by Gasteiger charge is -2.03. The minimum atomic E-state index is -0.538. The van der Waals surface area contributed by atoms with Crippen molar-refractivity contribution in [1.82, 2.24) is 15.3 Å². The SMILES string of the molecule is NC(=O)COc1ccc(-c2noc(-c3cc(-c4ccccc4)on3)n2)cc1. The Labute approximate surface area is 153 Å². The Hall–Kier alpha value is -3.94. The van der Waals surface area contributed by atoms with Crippen LogP contribution in [-0.4, -0.2) is 27.8 Å². The van der Waals surface area contributed by atoms with E-state index in [0.717, 1.165) is 11.1 Å². The topological polar surface area (TPSA) is 117 Å². The quantitative estimate of drug-likeness (QED) is 0.560. The molecule has 4 aromatic rings. The Balaban J connectivity index is 1.52. The third kappa shape index (κ3) is 3.69. The molecule has 8 heteroatoms. The second-order valence-corrected chi connectivity index (χ2v) is 5.64. The molecule has 0 saturated carbocycles. The maximum atomic E-state index is 10.7. The first kappa shape index (κ1) is 16.5. The van der Waals surface area contributed by atoms with Gasteiger partial charge in [0, 0.05) is 17.2 Å². The standard InChI is InChI=1S/C19H14N4O4/c20-17(24)11-25-14-8-6-13(7-9-14)18-21-19(27-23-18)15-10-16(26-22-15)12-4-2-1-3-5-12/h1-10H,11H2,(H2,20,24). The third-order valence-electron chi connectivity index (χ3n) is 3.71. The summed E-state index contributed by atoms with van der Waals surface area (Å²) < 4.78 is 15.9. The first-order valence-electron chi connectivity index (χ1n) is 8.07. The van der Waals surface area contributed by atoms with Crippen LogP contribution in [0.4, 0.5) is 0 Å². The van der Waals surface area contributed by atoms with Crippen LogP contribution >= 0.6 is 0 Å². The van der Waals surface area contributed by atoms with Gasteiger partial charge >= 0.3 is 0 Å². The lowest BCUT2D eigenvalue weighted by Crippen LogP contribution is -2.19. The maximum Gasteiger partial charge on any atom is 0.280 e. The fraction of sp³-hybridized carbons (Fsp3) is 0.0526. The normalized spacial score (nSPS) is 10.7. The van der Waals surface area contributed by atoms with E-state index in [9.17, 15) is 4.79 Å². The van der Waals surface area contributed by atoms with E-state index in [-0.39, 0.29) is 12.5 Å². The molecule has 0 saturated heterocycles. The molecule has 1 amide bonds. The molecule has 2 heterocycles. The zero-order valence-electron chi connectivity index (χ0n) is 14.0. The minimum absolute atomic E-state index is 0.179. The molecule has 2 aromatic heterocycles. The Bertz CT molecular complexity index is 1050. The van der Waals surface area contributed by atoms with Crippen molar-refractivity contribution in [3.63, 3.8) is 0 Å². The maximum absolute atomic E-state index is 10.7. The van der Waals surface area contributed by atoms with Gasteiger partial charge in [0.05, 0.1) is 0 Å². The van der Waals surface area contributed by atoms with Gasteiger partial charge in [0.15, 0.2) is 18.1 Å². The van der Waals surface area contributed by atoms with Gasteiger partial charge in [0.25, 0.3) is 11.8 Å². The number of primary amides is 1. The minimum Gasteiger partial charge on any atom is -0.484 e. The Kier molecular flexibility index (Phi) is 4.36. The number of carbonyl (C=O) groups excluding carboxylic acids is 1. The lowest BCUT2D eigenvalue weighted by molar-refractivity contribution is -0.119. The number of carbonyl (C=O) groups is 1. The Morgan fingerprint density at radius 3 is 2.48 bits per heavy atom. The summed E-state index contributed by atoms with van der Waals surface area (Å²) in [7, 11) is 0. The van der Waals surface area contributed by atoms with Gasteiger partial charge < -0.3 is 19.5 Å². The molecular weight excluding hydrogens is 348 g/mol. The molecule has 8 nitrogen and oxygen atoms in total. The van der Waals surface area contributed by atoms with E-state index in [0.29, 0.717) is 23.0 Å². The molecule has 0 aliphatic rings. The molecule has 2 aromatic carbocycles. The molecule has 0 radical (unpaired) electrons. The summed E-state index contributed by atoms with van der Waals surface area (Å²) in [6.45, 7) is -0.179. The predicted octanol–water partition coefficient (Wildman–Crippen LogP) is 2.92. The highest BCUT2D eigenvalue weighted by atomic mass is 16.5. The van der Waals surface area contributed by atoms with E-state index in [4.69, 9.17) is 19.5 Å². The van der Waals surface area contributed by atoms with Gasteiger partial charge in [-0.2, -0.15) is 4.98 Å². The summed E-state index contributed by atoms with van der Waals surface area (Å²) in [5, 5.41) is 7.96. The van der Waals surface area contributed by atoms with Crippen LogP contribution in [0.25, 0.3) is 34.3 Å². The molecule has 0 bridgehead atoms. The van der Waals surface area contributed by atoms with Crippen molar-refractivity contribution in [2.24, 2.45) is 5.73 Å². The van der Waals surface area contributed by atoms with E-state index in [2.05, 4.69) is 15.3 Å². The van der Waals surface area contributed by atoms with Gasteiger partial charge in [-0.3, -0.25) is 4.79 Å². The lowest BCUT2D eigenvalue weighted by atomic mass is 10.1. The Morgan fingerprint density at radius 2 is 1.74 bits per heavy atom. The van der Waals surface area contributed by atoms with Gasteiger partial charge in [-0.1, -0.05) is 40.6 Å². The highest BCUT2D eigenvalue weighted by molar-refractivity contribution is 5.75. The van der Waals surface area contributed by atoms with Crippen molar-refractivity contribution in [2.75, 3.05) is 6.61 Å². The summed E-state index contributed by atoms with van der Waals surface area (Å²) in [5.41, 5.74) is 7.13. The van der Waals surface area contributed by atoms with Crippen molar-refractivity contribution in [3.05, 3.63) is 60.7 Å². The molecule has 0 atom stereocenters. The largest absolute Gasteiger partial charge is 0.484 e. The van der Waals surface area contributed by atoms with Crippen molar-refractivity contribution < 1.29 is 18.6 Å². The molecular formula is C19H14N4O4. The molecule has 0 aliphatic carbocycles. The first-order chi connectivity index (χ1) is 13.2. The number of ether oxygens (including phenoxy) is 1. The molecule has 4 rings (SSSR count). The molecule has 0 aliphatic heterocycles. The van der Waals surface area contributed by atoms with Gasteiger partial charge in [-0.15, -0.1) is 0 Å². The fourth-order valence-corrected chi connectivity index (χ4v) is 2.41. The molecule has 2 N–H and O–H groups in total. The van der Waals surface area contributed by atoms with Crippen molar-refractivity contribution in [2.45, 2.75) is 0 Å². The highest BCUT2D eigenvalue weighted by Crippen LogP contribution is 2.27. The van der Waals surface area contributed by atoms with Crippen LogP contribution in [0.1, 0.15) is 0 Å². The number of benzene rings is 2. The summed E-state index contributed by atoms with van der Waals surface area (Å²) in [4.78, 5) is 15.1. The van der Waals surface area contributed by atoms with Crippen LogP contribution < -0.4 is 10.5 Å². The van der Waals surface area contributed by atoms with Crippen LogP contribution in [0.2, 0.25) is 0 Å². The van der Waals surface area contributed by atoms with Crippen LogP contribution in [0.5, 0.6) is 5.75 Å². The van der Waals surface area contributed by atoms with Crippen molar-refractivity contribution >= 4 is 5.91 Å². The van der Waals surface area contributed by atoms with E-state index in [1.807, 2.05) is 30.3 Å². The average molecular weight is 362 g/mol. The highest BCUT2D eigenvalue weighted by Gasteiger charge is 2.16. The monoisotopic (exact) mass is 362 g/mol. The summed E-state index contributed by atoms with van der Waals surface area (Å²) in [6.07, 6.45) is 0. The smallest absolute Gasteiger partial charge is 0.280 e. The number of amides is 1. The molecule has 0 spiro atoms. The number of aromatic nitrogens is 3. The Morgan fingerprint density at radius 1 is 0.963 bits per heavy atom. The third-order valence-corrected chi connectivity index (χ3v) is 3.71. The second-order valence-electron chi connectivity index (χ2n) is 5.64. The van der Waals surface area contributed by atoms with Crippen LogP contribution in [-0.2, 0) is 4.79 Å². The van der Waals surface area contributed by atoms with Crippen molar-refractivity contribution in [3.8, 4) is 40.0 Å². The van der Waals surface area contributed by atoms with Crippen molar-refractivity contribution in [1.29, 1.82) is 0 Å². The number of rotatable bonds is 6. The number of hydrogen-bond acceptors (Lipinski definition) is 7. The summed E-state index contributed by atoms with van der Waals surface area (Å²) >= 11 is 0. The van der Waals surface area contributed by atoms with Gasteiger partial charge in [0.1, 0.15) is 5.75 Å². The predicted molar refractivity (Wildman–Crippen MR) is 95.4 cm³/mol. The number of nitrogens with zero attached hydrogens (tertiary/aromatic N) is 3. The molecule has 0 fully saturated rings. The van der Waals surface area contributed by atoms with E-state index in [1.54, 1.807) is 30.3 Å².